The van der Waals surface area contributed by atoms with Gasteiger partial charge in [0.15, 0.2) is 0 Å². The Hall–Kier alpha value is -2.47. The molecule has 0 radical (unpaired) electrons. The highest BCUT2D eigenvalue weighted by atomic mass is 19.1. The second-order valence-corrected chi connectivity index (χ2v) is 4.36. The molecule has 0 aliphatic rings. The van der Waals surface area contributed by atoms with Crippen LogP contribution in [-0.4, -0.2) is 22.8 Å². The molecule has 3 N–H and O–H groups in total. The molecule has 1 heterocycles. The van der Waals surface area contributed by atoms with Crippen molar-refractivity contribution in [2.45, 2.75) is 6.54 Å². The number of benzene rings is 1. The molecule has 0 atom stereocenters. The second-order valence-electron chi connectivity index (χ2n) is 4.36. The number of carbonyl (C=O) groups is 1. The normalized spacial score (nSPS) is 10.2. The zero-order valence-electron chi connectivity index (χ0n) is 11.0. The van der Waals surface area contributed by atoms with E-state index in [-0.39, 0.29) is 11.7 Å². The first-order chi connectivity index (χ1) is 9.60. The average Bonchev–Trinajstić information content (AvgIpc) is 2.49. The molecular formula is C14H15FN4O. The summed E-state index contributed by atoms with van der Waals surface area (Å²) in [6.07, 6.45) is 1.49. The molecule has 0 bridgehead atoms. The predicted molar refractivity (Wildman–Crippen MR) is 74.2 cm³/mol. The fourth-order valence-electron chi connectivity index (χ4n) is 1.74. The van der Waals surface area contributed by atoms with Gasteiger partial charge in [-0.05, 0) is 29.8 Å². The molecule has 1 amide bonds. The van der Waals surface area contributed by atoms with E-state index in [4.69, 9.17) is 5.84 Å². The first-order valence-corrected chi connectivity index (χ1v) is 6.02. The summed E-state index contributed by atoms with van der Waals surface area (Å²) in [7, 11) is 1.67. The van der Waals surface area contributed by atoms with Crippen LogP contribution < -0.4 is 11.3 Å². The number of pyridine rings is 1. The van der Waals surface area contributed by atoms with E-state index in [1.165, 1.54) is 23.2 Å². The van der Waals surface area contributed by atoms with Crippen molar-refractivity contribution < 1.29 is 9.18 Å². The first kappa shape index (κ1) is 14.0. The zero-order valence-corrected chi connectivity index (χ0v) is 11.0. The lowest BCUT2D eigenvalue weighted by molar-refractivity contribution is 0.0779. The number of hydrogen-bond acceptors (Lipinski definition) is 4. The van der Waals surface area contributed by atoms with Gasteiger partial charge in [0.2, 0.25) is 0 Å². The Morgan fingerprint density at radius 2 is 2.00 bits per heavy atom. The Kier molecular flexibility index (Phi) is 4.27. The summed E-state index contributed by atoms with van der Waals surface area (Å²) >= 11 is 0. The molecular weight excluding hydrogens is 259 g/mol. The minimum Gasteiger partial charge on any atom is -0.336 e. The number of hydrazine groups is 1. The third kappa shape index (κ3) is 3.30. The smallest absolute Gasteiger partial charge is 0.272 e. The standard InChI is InChI=1S/C14H15FN4O/c1-19(9-10-2-4-11(15)5-3-10)14(20)13-7-6-12(18-16)8-17-13/h2-8,18H,9,16H2,1H3. The van der Waals surface area contributed by atoms with E-state index < -0.39 is 0 Å². The van der Waals surface area contributed by atoms with Crippen molar-refractivity contribution >= 4 is 11.6 Å². The van der Waals surface area contributed by atoms with Crippen LogP contribution >= 0.6 is 0 Å². The Labute approximate surface area is 116 Å². The van der Waals surface area contributed by atoms with E-state index in [9.17, 15) is 9.18 Å². The van der Waals surface area contributed by atoms with Crippen LogP contribution in [-0.2, 0) is 6.54 Å². The third-order valence-corrected chi connectivity index (χ3v) is 2.83. The van der Waals surface area contributed by atoms with E-state index in [0.29, 0.717) is 17.9 Å². The van der Waals surface area contributed by atoms with Gasteiger partial charge in [0.1, 0.15) is 11.5 Å². The molecule has 1 aromatic carbocycles. The van der Waals surface area contributed by atoms with Crippen molar-refractivity contribution in [1.82, 2.24) is 9.88 Å². The molecule has 0 aliphatic heterocycles. The van der Waals surface area contributed by atoms with Crippen molar-refractivity contribution in [1.29, 1.82) is 0 Å². The number of rotatable bonds is 4. The molecule has 0 saturated carbocycles. The molecule has 0 aliphatic carbocycles. The van der Waals surface area contributed by atoms with Crippen molar-refractivity contribution in [2.24, 2.45) is 5.84 Å². The highest BCUT2D eigenvalue weighted by molar-refractivity contribution is 5.92. The summed E-state index contributed by atoms with van der Waals surface area (Å²) in [5.74, 6) is 4.73. The number of nitrogen functional groups attached to an aromatic ring is 1. The zero-order chi connectivity index (χ0) is 14.5. The number of halogens is 1. The summed E-state index contributed by atoms with van der Waals surface area (Å²) < 4.78 is 12.8. The van der Waals surface area contributed by atoms with Gasteiger partial charge in [-0.3, -0.25) is 10.6 Å². The summed E-state index contributed by atoms with van der Waals surface area (Å²) in [5, 5.41) is 0. The Bertz CT molecular complexity index is 583. The van der Waals surface area contributed by atoms with Crippen LogP contribution in [0.1, 0.15) is 16.1 Å². The molecule has 0 saturated heterocycles. The third-order valence-electron chi connectivity index (χ3n) is 2.83. The molecule has 0 spiro atoms. The lowest BCUT2D eigenvalue weighted by atomic mass is 10.2. The van der Waals surface area contributed by atoms with E-state index in [0.717, 1.165) is 5.56 Å². The summed E-state index contributed by atoms with van der Waals surface area (Å²) in [5.41, 5.74) is 4.25. The SMILES string of the molecule is CN(Cc1ccc(F)cc1)C(=O)c1ccc(NN)cn1. The highest BCUT2D eigenvalue weighted by Gasteiger charge is 2.13. The highest BCUT2D eigenvalue weighted by Crippen LogP contribution is 2.10. The largest absolute Gasteiger partial charge is 0.336 e. The topological polar surface area (TPSA) is 71.2 Å². The minimum absolute atomic E-state index is 0.210. The van der Waals surface area contributed by atoms with Gasteiger partial charge in [0.05, 0.1) is 11.9 Å². The van der Waals surface area contributed by atoms with Gasteiger partial charge in [-0.2, -0.15) is 0 Å². The van der Waals surface area contributed by atoms with Gasteiger partial charge in [-0.25, -0.2) is 9.37 Å². The number of carbonyl (C=O) groups excluding carboxylic acids is 1. The molecule has 20 heavy (non-hydrogen) atoms. The number of nitrogens with two attached hydrogens (primary N) is 1. The van der Waals surface area contributed by atoms with Crippen LogP contribution in [0, 0.1) is 5.82 Å². The van der Waals surface area contributed by atoms with Gasteiger partial charge in [0.25, 0.3) is 5.91 Å². The monoisotopic (exact) mass is 274 g/mol. The molecule has 0 unspecified atom stereocenters. The molecule has 104 valence electrons. The fourth-order valence-corrected chi connectivity index (χ4v) is 1.74. The maximum Gasteiger partial charge on any atom is 0.272 e. The minimum atomic E-state index is -0.297. The number of hydrogen-bond donors (Lipinski definition) is 2. The van der Waals surface area contributed by atoms with E-state index in [2.05, 4.69) is 10.4 Å². The average molecular weight is 274 g/mol. The van der Waals surface area contributed by atoms with E-state index in [1.54, 1.807) is 31.3 Å². The second kappa shape index (κ2) is 6.12. The fraction of sp³-hybridized carbons (Fsp3) is 0.143. The summed E-state index contributed by atoms with van der Waals surface area (Å²) in [6, 6.07) is 9.30. The Balaban J connectivity index is 2.05. The summed E-state index contributed by atoms with van der Waals surface area (Å²) in [6.45, 7) is 0.387. The van der Waals surface area contributed by atoms with Crippen LogP contribution in [0.3, 0.4) is 0 Å². The van der Waals surface area contributed by atoms with Crippen LogP contribution in [0.25, 0.3) is 0 Å². The van der Waals surface area contributed by atoms with Crippen LogP contribution in [0.5, 0.6) is 0 Å². The predicted octanol–water partition coefficient (Wildman–Crippen LogP) is 1.78. The number of amides is 1. The van der Waals surface area contributed by atoms with Crippen molar-refractivity contribution in [3.63, 3.8) is 0 Å². The molecule has 6 heteroatoms. The number of aromatic nitrogens is 1. The molecule has 2 aromatic rings. The molecule has 2 rings (SSSR count). The molecule has 0 fully saturated rings. The van der Waals surface area contributed by atoms with E-state index in [1.807, 2.05) is 0 Å². The quantitative estimate of drug-likeness (QED) is 0.658. The van der Waals surface area contributed by atoms with Gasteiger partial charge >= 0.3 is 0 Å². The summed E-state index contributed by atoms with van der Waals surface area (Å²) in [4.78, 5) is 17.7. The van der Waals surface area contributed by atoms with Gasteiger partial charge < -0.3 is 10.3 Å². The van der Waals surface area contributed by atoms with Crippen molar-refractivity contribution in [2.75, 3.05) is 12.5 Å². The van der Waals surface area contributed by atoms with Crippen molar-refractivity contribution in [3.05, 3.63) is 59.7 Å². The number of nitrogens with zero attached hydrogens (tertiary/aromatic N) is 2. The van der Waals surface area contributed by atoms with Crippen molar-refractivity contribution in [3.8, 4) is 0 Å². The Morgan fingerprint density at radius 3 is 2.55 bits per heavy atom. The lowest BCUT2D eigenvalue weighted by Gasteiger charge is -2.17. The first-order valence-electron chi connectivity index (χ1n) is 6.02. The molecule has 1 aromatic heterocycles. The number of nitrogens with one attached hydrogen (secondary N) is 1. The van der Waals surface area contributed by atoms with Gasteiger partial charge in [-0.15, -0.1) is 0 Å². The van der Waals surface area contributed by atoms with Crippen LogP contribution in [0.15, 0.2) is 42.6 Å². The number of anilines is 1. The maximum atomic E-state index is 12.8. The van der Waals surface area contributed by atoms with Crippen LogP contribution in [0.4, 0.5) is 10.1 Å². The maximum absolute atomic E-state index is 12.8. The molecule has 5 nitrogen and oxygen atoms in total. The van der Waals surface area contributed by atoms with Gasteiger partial charge in [-0.1, -0.05) is 12.1 Å². The lowest BCUT2D eigenvalue weighted by Crippen LogP contribution is -2.27. The van der Waals surface area contributed by atoms with Gasteiger partial charge in [0, 0.05) is 13.6 Å². The van der Waals surface area contributed by atoms with Crippen LogP contribution in [0.2, 0.25) is 0 Å². The Morgan fingerprint density at radius 1 is 1.30 bits per heavy atom. The van der Waals surface area contributed by atoms with E-state index >= 15 is 0 Å².